The molecule has 4 rings (SSSR count). The first-order valence-corrected chi connectivity index (χ1v) is 14.9. The number of aliphatic hydroxyl groups excluding tert-OH is 1. The van der Waals surface area contributed by atoms with E-state index < -0.39 is 22.1 Å². The SMILES string of the molecule is CN(C[C@H](O)CNC(C)(C)Cc1ccc2ccccc2c1)S(=O)(=O)c1ccc(-c2ccccc2/C=C/C(=O)O)cc1. The Morgan fingerprint density at radius 3 is 2.32 bits per heavy atom. The minimum Gasteiger partial charge on any atom is -0.478 e. The third-order valence-electron chi connectivity index (χ3n) is 6.98. The Hall–Kier alpha value is -3.82. The molecule has 1 atom stereocenters. The maximum absolute atomic E-state index is 13.2. The van der Waals surface area contributed by atoms with E-state index in [-0.39, 0.29) is 23.5 Å². The number of fused-ring (bicyclic) bond motifs is 1. The number of nitrogens with zero attached hydrogens (tertiary/aromatic N) is 1. The Kier molecular flexibility index (Phi) is 9.40. The van der Waals surface area contributed by atoms with Gasteiger partial charge >= 0.3 is 5.97 Å². The first kappa shape index (κ1) is 30.1. The number of nitrogens with one attached hydrogen (secondary N) is 1. The van der Waals surface area contributed by atoms with Crippen molar-refractivity contribution in [3.8, 4) is 11.1 Å². The van der Waals surface area contributed by atoms with E-state index in [4.69, 9.17) is 5.11 Å². The average molecular weight is 573 g/mol. The summed E-state index contributed by atoms with van der Waals surface area (Å²) < 4.78 is 27.6. The first-order valence-electron chi connectivity index (χ1n) is 13.4. The van der Waals surface area contributed by atoms with Gasteiger partial charge in [0.25, 0.3) is 0 Å². The zero-order valence-electron chi connectivity index (χ0n) is 23.5. The molecular weight excluding hydrogens is 536 g/mol. The summed E-state index contributed by atoms with van der Waals surface area (Å²) >= 11 is 0. The molecular formula is C33H36N2O5S. The molecule has 3 N–H and O–H groups in total. The van der Waals surface area contributed by atoms with Crippen LogP contribution in [0.3, 0.4) is 0 Å². The highest BCUT2D eigenvalue weighted by Gasteiger charge is 2.25. The number of carboxylic acid groups (broad SMARTS) is 1. The second-order valence-corrected chi connectivity index (χ2v) is 12.9. The van der Waals surface area contributed by atoms with Gasteiger partial charge in [-0.3, -0.25) is 0 Å². The molecule has 0 fully saturated rings. The van der Waals surface area contributed by atoms with Gasteiger partial charge in [0, 0.05) is 31.8 Å². The van der Waals surface area contributed by atoms with Crippen molar-refractivity contribution >= 4 is 32.8 Å². The van der Waals surface area contributed by atoms with Gasteiger partial charge in [-0.15, -0.1) is 0 Å². The van der Waals surface area contributed by atoms with Crippen molar-refractivity contribution in [3.05, 3.63) is 108 Å². The standard InChI is InChI=1S/C33H36N2O5S/c1-33(2,21-24-12-13-25-8-4-5-10-28(25)20-24)34-22-29(36)23-35(3)41(39,40)30-17-14-27(15-18-30)31-11-7-6-9-26(31)16-19-32(37)38/h4-20,29,34,36H,21-23H2,1-3H3,(H,37,38)/b19-16+/t29-/m1/s1. The Morgan fingerprint density at radius 2 is 1.61 bits per heavy atom. The van der Waals surface area contributed by atoms with Crippen LogP contribution in [0.15, 0.2) is 102 Å². The number of hydrogen-bond acceptors (Lipinski definition) is 5. The van der Waals surface area contributed by atoms with Gasteiger partial charge in [-0.2, -0.15) is 4.31 Å². The minimum atomic E-state index is -3.83. The molecule has 4 aromatic carbocycles. The molecule has 4 aromatic rings. The van der Waals surface area contributed by atoms with E-state index >= 15 is 0 Å². The summed E-state index contributed by atoms with van der Waals surface area (Å²) in [5.41, 5.74) is 3.12. The van der Waals surface area contributed by atoms with Crippen molar-refractivity contribution in [1.82, 2.24) is 9.62 Å². The van der Waals surface area contributed by atoms with Gasteiger partial charge in [0.2, 0.25) is 10.0 Å². The lowest BCUT2D eigenvalue weighted by Gasteiger charge is -2.29. The van der Waals surface area contributed by atoms with E-state index in [1.165, 1.54) is 41.6 Å². The number of aliphatic hydroxyl groups is 1. The van der Waals surface area contributed by atoms with Crippen molar-refractivity contribution in [2.75, 3.05) is 20.1 Å². The lowest BCUT2D eigenvalue weighted by atomic mass is 9.93. The normalized spacial score (nSPS) is 13.2. The number of benzene rings is 4. The lowest BCUT2D eigenvalue weighted by Crippen LogP contribution is -2.47. The van der Waals surface area contributed by atoms with Crippen LogP contribution in [0.1, 0.15) is 25.0 Å². The Labute approximate surface area is 241 Å². The monoisotopic (exact) mass is 572 g/mol. The summed E-state index contributed by atoms with van der Waals surface area (Å²) in [5, 5.41) is 25.4. The number of rotatable bonds is 12. The third-order valence-corrected chi connectivity index (χ3v) is 8.82. The summed E-state index contributed by atoms with van der Waals surface area (Å²) in [6, 6.07) is 28.3. The summed E-state index contributed by atoms with van der Waals surface area (Å²) in [6.07, 6.45) is 2.42. The van der Waals surface area contributed by atoms with Crippen LogP contribution in [0, 0.1) is 0 Å². The summed E-state index contributed by atoms with van der Waals surface area (Å²) in [7, 11) is -2.38. The van der Waals surface area contributed by atoms with Crippen LogP contribution in [0.5, 0.6) is 0 Å². The molecule has 0 saturated heterocycles. The number of aliphatic carboxylic acids is 1. The molecule has 0 saturated carbocycles. The summed E-state index contributed by atoms with van der Waals surface area (Å²) in [5.74, 6) is -1.05. The van der Waals surface area contributed by atoms with Crippen LogP contribution >= 0.6 is 0 Å². The van der Waals surface area contributed by atoms with E-state index in [1.807, 2.05) is 30.3 Å². The van der Waals surface area contributed by atoms with Crippen LogP contribution in [0.2, 0.25) is 0 Å². The molecule has 0 spiro atoms. The highest BCUT2D eigenvalue weighted by atomic mass is 32.2. The minimum absolute atomic E-state index is 0.0635. The van der Waals surface area contributed by atoms with Crippen molar-refractivity contribution in [3.63, 3.8) is 0 Å². The smallest absolute Gasteiger partial charge is 0.328 e. The fourth-order valence-corrected chi connectivity index (χ4v) is 6.04. The highest BCUT2D eigenvalue weighted by molar-refractivity contribution is 7.89. The predicted molar refractivity (Wildman–Crippen MR) is 164 cm³/mol. The van der Waals surface area contributed by atoms with Crippen molar-refractivity contribution in [2.24, 2.45) is 0 Å². The number of hydrogen-bond donors (Lipinski definition) is 3. The van der Waals surface area contributed by atoms with Gasteiger partial charge < -0.3 is 15.5 Å². The molecule has 0 aliphatic rings. The molecule has 0 aliphatic carbocycles. The van der Waals surface area contributed by atoms with Crippen molar-refractivity contribution < 1.29 is 23.4 Å². The van der Waals surface area contributed by atoms with E-state index in [0.717, 1.165) is 27.9 Å². The molecule has 0 radical (unpaired) electrons. The molecule has 0 heterocycles. The summed E-state index contributed by atoms with van der Waals surface area (Å²) in [4.78, 5) is 11.0. The highest BCUT2D eigenvalue weighted by Crippen LogP contribution is 2.27. The van der Waals surface area contributed by atoms with E-state index in [9.17, 15) is 18.3 Å². The zero-order valence-corrected chi connectivity index (χ0v) is 24.3. The number of β-amino-alcohol motifs (C(OH)–C–C–N with tert-alkyl or cyclic N) is 1. The molecule has 8 heteroatoms. The van der Waals surface area contributed by atoms with Crippen LogP contribution < -0.4 is 5.32 Å². The van der Waals surface area contributed by atoms with Gasteiger partial charge in [0.15, 0.2) is 0 Å². The average Bonchev–Trinajstić information content (AvgIpc) is 2.95. The van der Waals surface area contributed by atoms with Crippen LogP contribution in [-0.4, -0.2) is 60.7 Å². The maximum atomic E-state index is 13.2. The fraction of sp³-hybridized carbons (Fsp3) is 0.242. The number of carboxylic acids is 1. The Morgan fingerprint density at radius 1 is 0.951 bits per heavy atom. The summed E-state index contributed by atoms with van der Waals surface area (Å²) in [6.45, 7) is 4.30. The fourth-order valence-electron chi connectivity index (χ4n) is 4.83. The quantitative estimate of drug-likeness (QED) is 0.202. The third kappa shape index (κ3) is 7.89. The van der Waals surface area contributed by atoms with E-state index in [2.05, 4.69) is 49.5 Å². The molecule has 0 amide bonds. The second kappa shape index (κ2) is 12.8. The molecule has 214 valence electrons. The molecule has 0 aromatic heterocycles. The van der Waals surface area contributed by atoms with Crippen LogP contribution in [-0.2, 0) is 21.2 Å². The Bertz CT molecular complexity index is 1650. The first-order chi connectivity index (χ1) is 19.4. The largest absolute Gasteiger partial charge is 0.478 e. The Balaban J connectivity index is 1.36. The molecule has 7 nitrogen and oxygen atoms in total. The maximum Gasteiger partial charge on any atom is 0.328 e. The zero-order chi connectivity index (χ0) is 29.6. The lowest BCUT2D eigenvalue weighted by molar-refractivity contribution is -0.131. The number of carbonyl (C=O) groups is 1. The van der Waals surface area contributed by atoms with Crippen LogP contribution in [0.4, 0.5) is 0 Å². The topological polar surface area (TPSA) is 107 Å². The van der Waals surface area contributed by atoms with Crippen molar-refractivity contribution in [2.45, 2.75) is 36.8 Å². The number of likely N-dealkylation sites (N-methyl/N-ethyl adjacent to an activating group) is 1. The molecule has 0 bridgehead atoms. The van der Waals surface area contributed by atoms with Gasteiger partial charge in [-0.1, -0.05) is 78.9 Å². The second-order valence-electron chi connectivity index (χ2n) is 10.8. The van der Waals surface area contributed by atoms with Crippen molar-refractivity contribution in [1.29, 1.82) is 0 Å². The van der Waals surface area contributed by atoms with E-state index in [0.29, 0.717) is 5.56 Å². The number of sulfonamides is 1. The van der Waals surface area contributed by atoms with Gasteiger partial charge in [0.05, 0.1) is 11.0 Å². The van der Waals surface area contributed by atoms with Gasteiger partial charge in [0.1, 0.15) is 0 Å². The van der Waals surface area contributed by atoms with Gasteiger partial charge in [-0.05, 0) is 71.5 Å². The molecule has 41 heavy (non-hydrogen) atoms. The van der Waals surface area contributed by atoms with Crippen LogP contribution in [0.25, 0.3) is 28.0 Å². The molecule has 0 unspecified atom stereocenters. The molecule has 0 aliphatic heterocycles. The van der Waals surface area contributed by atoms with Gasteiger partial charge in [-0.25, -0.2) is 13.2 Å². The van der Waals surface area contributed by atoms with E-state index in [1.54, 1.807) is 18.2 Å². The predicted octanol–water partition coefficient (Wildman–Crippen LogP) is 5.20.